The van der Waals surface area contributed by atoms with Crippen LogP contribution in [0.5, 0.6) is 0 Å². The standard InChI is InChI=1S/C13H21N3O4S/c1-3-10-16(9(6-21-10)12(18)19)13(20)14-7(2)11(17)15-8-4-5-8/h7-10H,3-6H2,1-2H3,(H,14,20)(H,15,17)(H,18,19). The fraction of sp³-hybridized carbons (Fsp3) is 0.769. The largest absolute Gasteiger partial charge is 0.480 e. The maximum Gasteiger partial charge on any atom is 0.327 e. The number of urea groups is 1. The van der Waals surface area contributed by atoms with Gasteiger partial charge in [0.15, 0.2) is 0 Å². The van der Waals surface area contributed by atoms with Crippen LogP contribution in [0.25, 0.3) is 0 Å². The number of hydrogen-bond donors (Lipinski definition) is 3. The number of aliphatic carboxylic acids is 1. The Balaban J connectivity index is 1.95. The Morgan fingerprint density at radius 3 is 2.57 bits per heavy atom. The Morgan fingerprint density at radius 2 is 2.05 bits per heavy atom. The van der Waals surface area contributed by atoms with Gasteiger partial charge in [-0.1, -0.05) is 6.92 Å². The van der Waals surface area contributed by atoms with Crippen LogP contribution >= 0.6 is 11.8 Å². The van der Waals surface area contributed by atoms with E-state index in [0.29, 0.717) is 12.2 Å². The molecule has 1 heterocycles. The molecule has 2 rings (SSSR count). The molecular weight excluding hydrogens is 294 g/mol. The van der Waals surface area contributed by atoms with Gasteiger partial charge in [-0.15, -0.1) is 11.8 Å². The van der Waals surface area contributed by atoms with Gasteiger partial charge in [-0.25, -0.2) is 9.59 Å². The highest BCUT2D eigenvalue weighted by Crippen LogP contribution is 2.31. The molecule has 0 aromatic carbocycles. The fourth-order valence-electron chi connectivity index (χ4n) is 2.22. The van der Waals surface area contributed by atoms with Crippen molar-refractivity contribution in [3.8, 4) is 0 Å². The predicted octanol–water partition coefficient (Wildman–Crippen LogP) is 0.601. The molecular formula is C13H21N3O4S. The molecule has 3 unspecified atom stereocenters. The smallest absolute Gasteiger partial charge is 0.327 e. The van der Waals surface area contributed by atoms with Crippen LogP contribution in [0.1, 0.15) is 33.1 Å². The predicted molar refractivity (Wildman–Crippen MR) is 79.0 cm³/mol. The molecule has 1 saturated carbocycles. The van der Waals surface area contributed by atoms with Crippen molar-refractivity contribution in [1.29, 1.82) is 0 Å². The van der Waals surface area contributed by atoms with Crippen molar-refractivity contribution in [1.82, 2.24) is 15.5 Å². The minimum Gasteiger partial charge on any atom is -0.480 e. The van der Waals surface area contributed by atoms with E-state index in [4.69, 9.17) is 0 Å². The summed E-state index contributed by atoms with van der Waals surface area (Å²) in [4.78, 5) is 36.7. The average Bonchev–Trinajstić information content (AvgIpc) is 3.12. The van der Waals surface area contributed by atoms with E-state index >= 15 is 0 Å². The van der Waals surface area contributed by atoms with Crippen molar-refractivity contribution in [2.45, 2.75) is 56.6 Å². The molecule has 3 N–H and O–H groups in total. The molecule has 1 saturated heterocycles. The van der Waals surface area contributed by atoms with Gasteiger partial charge >= 0.3 is 12.0 Å². The van der Waals surface area contributed by atoms with Gasteiger partial charge < -0.3 is 15.7 Å². The highest BCUT2D eigenvalue weighted by atomic mass is 32.2. The summed E-state index contributed by atoms with van der Waals surface area (Å²) in [6, 6.07) is -1.76. The van der Waals surface area contributed by atoms with Crippen LogP contribution in [0.15, 0.2) is 0 Å². The number of thioether (sulfide) groups is 1. The van der Waals surface area contributed by atoms with Crippen molar-refractivity contribution in [3.63, 3.8) is 0 Å². The highest BCUT2D eigenvalue weighted by Gasteiger charge is 2.41. The van der Waals surface area contributed by atoms with E-state index in [0.717, 1.165) is 12.8 Å². The Labute approximate surface area is 127 Å². The molecule has 1 aliphatic carbocycles. The molecule has 0 spiro atoms. The lowest BCUT2D eigenvalue weighted by Gasteiger charge is -2.28. The lowest BCUT2D eigenvalue weighted by Crippen LogP contribution is -2.54. The van der Waals surface area contributed by atoms with Crippen LogP contribution in [0, 0.1) is 0 Å². The highest BCUT2D eigenvalue weighted by molar-refractivity contribution is 8.00. The van der Waals surface area contributed by atoms with E-state index < -0.39 is 24.1 Å². The minimum atomic E-state index is -1.01. The van der Waals surface area contributed by atoms with Gasteiger partial charge in [0.05, 0.1) is 5.37 Å². The molecule has 8 heteroatoms. The summed E-state index contributed by atoms with van der Waals surface area (Å²) in [7, 11) is 0. The zero-order valence-corrected chi connectivity index (χ0v) is 13.0. The number of rotatable bonds is 5. The van der Waals surface area contributed by atoms with Gasteiger partial charge in [-0.05, 0) is 26.2 Å². The van der Waals surface area contributed by atoms with E-state index in [1.54, 1.807) is 6.92 Å². The van der Waals surface area contributed by atoms with E-state index in [-0.39, 0.29) is 17.3 Å². The molecule has 0 bridgehead atoms. The summed E-state index contributed by atoms with van der Waals surface area (Å²) in [5.41, 5.74) is 0. The SMILES string of the molecule is CCC1SCC(C(=O)O)N1C(=O)NC(C)C(=O)NC1CC1. The van der Waals surface area contributed by atoms with Gasteiger partial charge in [-0.3, -0.25) is 9.69 Å². The number of nitrogens with one attached hydrogen (secondary N) is 2. The van der Waals surface area contributed by atoms with Gasteiger partial charge in [0, 0.05) is 11.8 Å². The van der Waals surface area contributed by atoms with Crippen LogP contribution in [0.2, 0.25) is 0 Å². The first kappa shape index (κ1) is 15.9. The second kappa shape index (κ2) is 6.55. The van der Waals surface area contributed by atoms with E-state index in [1.165, 1.54) is 16.7 Å². The van der Waals surface area contributed by atoms with Gasteiger partial charge in [0.1, 0.15) is 12.1 Å². The second-order valence-corrected chi connectivity index (χ2v) is 6.62. The van der Waals surface area contributed by atoms with Crippen LogP contribution in [0.3, 0.4) is 0 Å². The molecule has 2 fully saturated rings. The fourth-order valence-corrected chi connectivity index (χ4v) is 3.57. The van der Waals surface area contributed by atoms with E-state index in [2.05, 4.69) is 10.6 Å². The summed E-state index contributed by atoms with van der Waals surface area (Å²) in [6.07, 6.45) is 2.63. The number of carbonyl (C=O) groups is 3. The van der Waals surface area contributed by atoms with Gasteiger partial charge in [-0.2, -0.15) is 0 Å². The summed E-state index contributed by atoms with van der Waals surface area (Å²) in [6.45, 7) is 3.51. The second-order valence-electron chi connectivity index (χ2n) is 5.41. The first-order chi connectivity index (χ1) is 9.93. The molecule has 3 atom stereocenters. The summed E-state index contributed by atoms with van der Waals surface area (Å²) >= 11 is 1.46. The van der Waals surface area contributed by atoms with Crippen LogP contribution in [-0.4, -0.2) is 57.2 Å². The molecule has 2 aliphatic rings. The first-order valence-corrected chi connectivity index (χ1v) is 8.22. The van der Waals surface area contributed by atoms with Crippen LogP contribution in [-0.2, 0) is 9.59 Å². The number of nitrogens with zero attached hydrogens (tertiary/aromatic N) is 1. The average molecular weight is 315 g/mol. The third-order valence-corrected chi connectivity index (χ3v) is 5.07. The van der Waals surface area contributed by atoms with E-state index in [1.807, 2.05) is 6.92 Å². The molecule has 3 amide bonds. The summed E-state index contributed by atoms with van der Waals surface area (Å²) < 4.78 is 0. The number of carbonyl (C=O) groups excluding carboxylic acids is 2. The van der Waals surface area contributed by atoms with Crippen molar-refractivity contribution in [2.24, 2.45) is 0 Å². The van der Waals surface area contributed by atoms with Crippen LogP contribution < -0.4 is 10.6 Å². The Hall–Kier alpha value is -1.44. The first-order valence-electron chi connectivity index (χ1n) is 7.17. The third-order valence-electron chi connectivity index (χ3n) is 3.62. The van der Waals surface area contributed by atoms with Gasteiger partial charge in [0.25, 0.3) is 0 Å². The number of carboxylic acid groups (broad SMARTS) is 1. The topological polar surface area (TPSA) is 98.7 Å². The number of carboxylic acids is 1. The molecule has 7 nitrogen and oxygen atoms in total. The Morgan fingerprint density at radius 1 is 1.38 bits per heavy atom. The van der Waals surface area contributed by atoms with Gasteiger partial charge in [0.2, 0.25) is 5.91 Å². The molecule has 21 heavy (non-hydrogen) atoms. The molecule has 1 aliphatic heterocycles. The van der Waals surface area contributed by atoms with Crippen molar-refractivity contribution in [2.75, 3.05) is 5.75 Å². The number of hydrogen-bond acceptors (Lipinski definition) is 4. The van der Waals surface area contributed by atoms with Crippen molar-refractivity contribution >= 4 is 29.7 Å². The maximum absolute atomic E-state index is 12.3. The lowest BCUT2D eigenvalue weighted by atomic mass is 10.2. The third kappa shape index (κ3) is 3.81. The summed E-state index contributed by atoms with van der Waals surface area (Å²) in [5.74, 6) is -0.856. The zero-order chi connectivity index (χ0) is 15.6. The summed E-state index contributed by atoms with van der Waals surface area (Å²) in [5, 5.41) is 14.5. The number of amides is 3. The Bertz CT molecular complexity index is 441. The van der Waals surface area contributed by atoms with Crippen LogP contribution in [0.4, 0.5) is 4.79 Å². The van der Waals surface area contributed by atoms with Crippen molar-refractivity contribution < 1.29 is 19.5 Å². The monoisotopic (exact) mass is 315 g/mol. The molecule has 0 radical (unpaired) electrons. The normalized spacial score (nSPS) is 26.3. The molecule has 0 aromatic rings. The maximum atomic E-state index is 12.3. The molecule has 118 valence electrons. The minimum absolute atomic E-state index is 0.162. The quantitative estimate of drug-likeness (QED) is 0.690. The Kier molecular flexibility index (Phi) is 4.97. The van der Waals surface area contributed by atoms with E-state index in [9.17, 15) is 19.5 Å². The lowest BCUT2D eigenvalue weighted by molar-refractivity contribution is -0.141. The molecule has 0 aromatic heterocycles. The zero-order valence-electron chi connectivity index (χ0n) is 12.2. The van der Waals surface area contributed by atoms with Crippen molar-refractivity contribution in [3.05, 3.63) is 0 Å².